The summed E-state index contributed by atoms with van der Waals surface area (Å²) in [5.41, 5.74) is 4.00. The summed E-state index contributed by atoms with van der Waals surface area (Å²) in [7, 11) is 3.81. The normalized spacial score (nSPS) is 12.0. The number of nitrogens with zero attached hydrogens (tertiary/aromatic N) is 3. The van der Waals surface area contributed by atoms with Crippen molar-refractivity contribution in [2.45, 2.75) is 18.7 Å². The second-order valence-corrected chi connectivity index (χ2v) is 8.22. The Labute approximate surface area is 173 Å². The Kier molecular flexibility index (Phi) is 8.19. The Bertz CT molecular complexity index is 821. The SMILES string of the molecule is CCN(C)/C=N\c1cc(C)c(/C(CSc2cccc(Br)c2)=N/C)cc1Cl. The van der Waals surface area contributed by atoms with E-state index >= 15 is 0 Å². The highest BCUT2D eigenvalue weighted by Crippen LogP contribution is 2.30. The van der Waals surface area contributed by atoms with Gasteiger partial charge in [-0.1, -0.05) is 33.6 Å². The summed E-state index contributed by atoms with van der Waals surface area (Å²) >= 11 is 11.7. The van der Waals surface area contributed by atoms with E-state index < -0.39 is 0 Å². The van der Waals surface area contributed by atoms with Crippen molar-refractivity contribution >= 4 is 57.0 Å². The predicted octanol–water partition coefficient (Wildman–Crippen LogP) is 6.23. The first-order valence-corrected chi connectivity index (χ1v) is 10.5. The zero-order valence-electron chi connectivity index (χ0n) is 15.5. The van der Waals surface area contributed by atoms with E-state index in [1.165, 1.54) is 4.90 Å². The van der Waals surface area contributed by atoms with Gasteiger partial charge in [0.25, 0.3) is 0 Å². The summed E-state index contributed by atoms with van der Waals surface area (Å²) in [6, 6.07) is 12.3. The Morgan fingerprint density at radius 3 is 2.73 bits per heavy atom. The van der Waals surface area contributed by atoms with Crippen LogP contribution in [0.25, 0.3) is 0 Å². The smallest absolute Gasteiger partial charge is 0.0910 e. The van der Waals surface area contributed by atoms with Gasteiger partial charge in [0.2, 0.25) is 0 Å². The van der Waals surface area contributed by atoms with Crippen LogP contribution in [0.5, 0.6) is 0 Å². The van der Waals surface area contributed by atoms with Crippen molar-refractivity contribution in [2.24, 2.45) is 9.98 Å². The first kappa shape index (κ1) is 21.0. The third kappa shape index (κ3) is 5.86. The summed E-state index contributed by atoms with van der Waals surface area (Å²) < 4.78 is 1.08. The largest absolute Gasteiger partial charge is 0.366 e. The van der Waals surface area contributed by atoms with Gasteiger partial charge in [0.15, 0.2) is 0 Å². The molecule has 3 nitrogen and oxygen atoms in total. The minimum Gasteiger partial charge on any atom is -0.366 e. The molecule has 26 heavy (non-hydrogen) atoms. The van der Waals surface area contributed by atoms with Crippen molar-refractivity contribution in [1.82, 2.24) is 4.90 Å². The van der Waals surface area contributed by atoms with E-state index in [4.69, 9.17) is 11.6 Å². The van der Waals surface area contributed by atoms with Gasteiger partial charge >= 0.3 is 0 Å². The zero-order chi connectivity index (χ0) is 19.1. The molecule has 2 aromatic carbocycles. The van der Waals surface area contributed by atoms with E-state index in [0.29, 0.717) is 5.02 Å². The van der Waals surface area contributed by atoms with Crippen LogP contribution in [0.2, 0.25) is 5.02 Å². The highest BCUT2D eigenvalue weighted by Gasteiger charge is 2.11. The predicted molar refractivity (Wildman–Crippen MR) is 120 cm³/mol. The number of aliphatic imine (C=N–C) groups is 2. The minimum atomic E-state index is 0.639. The van der Waals surface area contributed by atoms with Gasteiger partial charge in [-0.05, 0) is 49.7 Å². The highest BCUT2D eigenvalue weighted by atomic mass is 79.9. The van der Waals surface area contributed by atoms with Crippen LogP contribution in [-0.4, -0.2) is 43.3 Å². The van der Waals surface area contributed by atoms with E-state index in [2.05, 4.69) is 51.9 Å². The lowest BCUT2D eigenvalue weighted by Gasteiger charge is -2.13. The summed E-state index contributed by atoms with van der Waals surface area (Å²) in [4.78, 5) is 12.2. The molecule has 2 rings (SSSR count). The van der Waals surface area contributed by atoms with Crippen LogP contribution in [0.15, 0.2) is 55.8 Å². The van der Waals surface area contributed by atoms with E-state index in [1.54, 1.807) is 18.1 Å². The van der Waals surface area contributed by atoms with Gasteiger partial charge in [0, 0.05) is 41.3 Å². The zero-order valence-corrected chi connectivity index (χ0v) is 18.6. The van der Waals surface area contributed by atoms with Gasteiger partial charge < -0.3 is 4.90 Å². The molecule has 0 unspecified atom stereocenters. The van der Waals surface area contributed by atoms with E-state index in [-0.39, 0.29) is 0 Å². The third-order valence-electron chi connectivity index (χ3n) is 3.94. The molecule has 0 radical (unpaired) electrons. The third-order valence-corrected chi connectivity index (χ3v) is 5.74. The second kappa shape index (κ2) is 10.1. The molecule has 0 fully saturated rings. The highest BCUT2D eigenvalue weighted by molar-refractivity contribution is 9.10. The lowest BCUT2D eigenvalue weighted by atomic mass is 10.0. The quantitative estimate of drug-likeness (QED) is 0.283. The molecule has 0 aliphatic heterocycles. The van der Waals surface area contributed by atoms with Gasteiger partial charge in [-0.3, -0.25) is 4.99 Å². The Morgan fingerprint density at radius 1 is 1.31 bits per heavy atom. The van der Waals surface area contributed by atoms with Crippen LogP contribution in [-0.2, 0) is 0 Å². The molecule has 6 heteroatoms. The van der Waals surface area contributed by atoms with Crippen LogP contribution >= 0.6 is 39.3 Å². The van der Waals surface area contributed by atoms with Gasteiger partial charge in [0.1, 0.15) is 0 Å². The van der Waals surface area contributed by atoms with Crippen molar-refractivity contribution < 1.29 is 0 Å². The molecule has 138 valence electrons. The molecule has 0 amide bonds. The van der Waals surface area contributed by atoms with E-state index in [1.807, 2.05) is 43.3 Å². The van der Waals surface area contributed by atoms with Gasteiger partial charge in [0.05, 0.1) is 22.8 Å². The first-order chi connectivity index (χ1) is 12.4. The number of hydrogen-bond donors (Lipinski definition) is 0. The summed E-state index contributed by atoms with van der Waals surface area (Å²) in [5.74, 6) is 0.783. The van der Waals surface area contributed by atoms with Gasteiger partial charge in [-0.25, -0.2) is 4.99 Å². The fourth-order valence-corrected chi connectivity index (χ4v) is 4.03. The van der Waals surface area contributed by atoms with Crippen LogP contribution < -0.4 is 0 Å². The van der Waals surface area contributed by atoms with Crippen LogP contribution in [0, 0.1) is 6.92 Å². The van der Waals surface area contributed by atoms with Crippen molar-refractivity contribution in [3.05, 3.63) is 57.0 Å². The summed E-state index contributed by atoms with van der Waals surface area (Å²) in [6.07, 6.45) is 1.80. The second-order valence-electron chi connectivity index (χ2n) is 5.85. The number of benzene rings is 2. The molecule has 0 atom stereocenters. The fraction of sp³-hybridized carbons (Fsp3) is 0.300. The molecule has 0 aliphatic carbocycles. The molecule has 2 aromatic rings. The van der Waals surface area contributed by atoms with E-state index in [0.717, 1.165) is 39.3 Å². The maximum atomic E-state index is 6.47. The maximum Gasteiger partial charge on any atom is 0.0910 e. The number of halogens is 2. The van der Waals surface area contributed by atoms with Gasteiger partial charge in [-0.2, -0.15) is 0 Å². The van der Waals surface area contributed by atoms with E-state index in [9.17, 15) is 0 Å². The molecule has 0 bridgehead atoms. The minimum absolute atomic E-state index is 0.639. The number of hydrogen-bond acceptors (Lipinski definition) is 3. The average molecular weight is 453 g/mol. The monoisotopic (exact) mass is 451 g/mol. The Morgan fingerprint density at radius 2 is 2.08 bits per heavy atom. The molecular weight excluding hydrogens is 430 g/mol. The van der Waals surface area contributed by atoms with Gasteiger partial charge in [-0.15, -0.1) is 11.8 Å². The molecule has 0 saturated heterocycles. The summed E-state index contributed by atoms with van der Waals surface area (Å²) in [5, 5.41) is 0.639. The van der Waals surface area contributed by atoms with Crippen molar-refractivity contribution in [3.63, 3.8) is 0 Å². The molecule has 0 aromatic heterocycles. The molecule has 0 saturated carbocycles. The summed E-state index contributed by atoms with van der Waals surface area (Å²) in [6.45, 7) is 5.05. The Balaban J connectivity index is 2.20. The van der Waals surface area contributed by atoms with Crippen LogP contribution in [0.1, 0.15) is 18.1 Å². The van der Waals surface area contributed by atoms with Crippen molar-refractivity contribution in [1.29, 1.82) is 0 Å². The first-order valence-electron chi connectivity index (χ1n) is 8.33. The molecule has 0 N–H and O–H groups in total. The molecule has 0 spiro atoms. The van der Waals surface area contributed by atoms with Crippen LogP contribution in [0.4, 0.5) is 5.69 Å². The lowest BCUT2D eigenvalue weighted by Crippen LogP contribution is -2.14. The molecule has 0 aliphatic rings. The Hall–Kier alpha value is -1.30. The molecule has 0 heterocycles. The maximum absolute atomic E-state index is 6.47. The average Bonchev–Trinajstić information content (AvgIpc) is 2.63. The topological polar surface area (TPSA) is 28.0 Å². The number of aryl methyl sites for hydroxylation is 1. The number of rotatable bonds is 7. The van der Waals surface area contributed by atoms with Crippen LogP contribution in [0.3, 0.4) is 0 Å². The fourth-order valence-electron chi connectivity index (χ4n) is 2.29. The standard InChI is InChI=1S/C20H23BrClN3S/c1-5-25(4)13-24-19-9-14(2)17(11-18(19)22)20(23-3)12-26-16-8-6-7-15(21)10-16/h6-11,13H,5,12H2,1-4H3/b23-20+,24-13-. The number of thioether (sulfide) groups is 1. The van der Waals surface area contributed by atoms with Crippen molar-refractivity contribution in [3.8, 4) is 0 Å². The lowest BCUT2D eigenvalue weighted by molar-refractivity contribution is 0.552. The molecular formula is C20H23BrClN3S. The van der Waals surface area contributed by atoms with Crippen molar-refractivity contribution in [2.75, 3.05) is 26.4 Å².